The minimum absolute atomic E-state index is 0.0196. The van der Waals surface area contributed by atoms with Crippen molar-refractivity contribution in [2.24, 2.45) is 0 Å². The molecule has 1 fully saturated rings. The number of carbonyl (C=O) groups excluding carboxylic acids is 1. The molecule has 0 spiro atoms. The second-order valence-corrected chi connectivity index (χ2v) is 5.70. The van der Waals surface area contributed by atoms with Crippen LogP contribution in [0.15, 0.2) is 0 Å². The van der Waals surface area contributed by atoms with Crippen molar-refractivity contribution < 1.29 is 13.2 Å². The molecule has 0 aromatic carbocycles. The minimum atomic E-state index is -3.08. The first-order chi connectivity index (χ1) is 6.45. The molecule has 0 aliphatic carbocycles. The van der Waals surface area contributed by atoms with Gasteiger partial charge in [0.15, 0.2) is 0 Å². The summed E-state index contributed by atoms with van der Waals surface area (Å²) in [4.78, 5) is 10.7. The highest BCUT2D eigenvalue weighted by Crippen LogP contribution is 2.13. The van der Waals surface area contributed by atoms with Crippen LogP contribution in [0.1, 0.15) is 20.3 Å². The Labute approximate surface area is 84.5 Å². The minimum Gasteiger partial charge on any atom is -0.352 e. The van der Waals surface area contributed by atoms with E-state index >= 15 is 0 Å². The smallest absolute Gasteiger partial charge is 0.217 e. The van der Waals surface area contributed by atoms with Gasteiger partial charge in [0.2, 0.25) is 15.9 Å². The number of nitrogens with one attached hydrogen (secondary N) is 1. The van der Waals surface area contributed by atoms with Gasteiger partial charge < -0.3 is 5.32 Å². The quantitative estimate of drug-likeness (QED) is 0.700. The van der Waals surface area contributed by atoms with Crippen LogP contribution in [0.4, 0.5) is 0 Å². The Morgan fingerprint density at radius 1 is 1.57 bits per heavy atom. The lowest BCUT2D eigenvalue weighted by molar-refractivity contribution is -0.119. The van der Waals surface area contributed by atoms with Gasteiger partial charge in [0.1, 0.15) is 0 Å². The second kappa shape index (κ2) is 4.27. The number of amides is 1. The summed E-state index contributed by atoms with van der Waals surface area (Å²) in [6.45, 7) is 3.99. The predicted octanol–water partition coefficient (Wildman–Crippen LogP) is -0.453. The highest BCUT2D eigenvalue weighted by molar-refractivity contribution is 7.89. The van der Waals surface area contributed by atoms with Crippen LogP contribution in [0.2, 0.25) is 0 Å². The molecule has 1 amide bonds. The lowest BCUT2D eigenvalue weighted by Gasteiger charge is -2.15. The van der Waals surface area contributed by atoms with Gasteiger partial charge in [-0.3, -0.25) is 4.79 Å². The van der Waals surface area contributed by atoms with Crippen molar-refractivity contribution in [3.63, 3.8) is 0 Å². The first-order valence-electron chi connectivity index (χ1n) is 4.70. The van der Waals surface area contributed by atoms with E-state index in [2.05, 4.69) is 5.32 Å². The van der Waals surface area contributed by atoms with Crippen molar-refractivity contribution in [1.82, 2.24) is 9.62 Å². The van der Waals surface area contributed by atoms with Crippen molar-refractivity contribution in [3.8, 4) is 0 Å². The van der Waals surface area contributed by atoms with Crippen LogP contribution < -0.4 is 5.32 Å². The molecule has 1 saturated heterocycles. The Morgan fingerprint density at radius 2 is 2.21 bits per heavy atom. The zero-order valence-corrected chi connectivity index (χ0v) is 9.30. The molecule has 0 aromatic rings. The van der Waals surface area contributed by atoms with Crippen LogP contribution in [0, 0.1) is 0 Å². The van der Waals surface area contributed by atoms with Crippen LogP contribution >= 0.6 is 0 Å². The van der Waals surface area contributed by atoms with E-state index in [0.29, 0.717) is 19.5 Å². The predicted molar refractivity (Wildman–Crippen MR) is 53.3 cm³/mol. The Bertz CT molecular complexity index is 313. The molecule has 0 bridgehead atoms. The Kier molecular flexibility index (Phi) is 3.49. The molecule has 1 heterocycles. The average Bonchev–Trinajstić information content (AvgIpc) is 2.52. The second-order valence-electron chi connectivity index (χ2n) is 3.44. The number of sulfonamides is 1. The summed E-state index contributed by atoms with van der Waals surface area (Å²) in [5.41, 5.74) is 0. The van der Waals surface area contributed by atoms with Gasteiger partial charge in [-0.2, -0.15) is 4.31 Å². The fourth-order valence-corrected chi connectivity index (χ4v) is 2.72. The SMILES string of the molecule is CCS(=O)(=O)N1CCC(NC(C)=O)C1. The summed E-state index contributed by atoms with van der Waals surface area (Å²) in [6.07, 6.45) is 0.707. The molecule has 5 nitrogen and oxygen atoms in total. The fourth-order valence-electron chi connectivity index (χ4n) is 1.57. The van der Waals surface area contributed by atoms with Crippen molar-refractivity contribution in [2.45, 2.75) is 26.3 Å². The number of rotatable bonds is 3. The molecule has 1 aliphatic heterocycles. The third-order valence-electron chi connectivity index (χ3n) is 2.32. The van der Waals surface area contributed by atoms with E-state index < -0.39 is 10.0 Å². The Balaban J connectivity index is 2.53. The van der Waals surface area contributed by atoms with Crippen LogP contribution in [0.25, 0.3) is 0 Å². The molecule has 0 aromatic heterocycles. The Hall–Kier alpha value is -0.620. The molecule has 14 heavy (non-hydrogen) atoms. The summed E-state index contributed by atoms with van der Waals surface area (Å²) in [5.74, 6) is 0.0190. The van der Waals surface area contributed by atoms with E-state index in [-0.39, 0.29) is 17.7 Å². The molecule has 0 radical (unpaired) electrons. The van der Waals surface area contributed by atoms with E-state index in [0.717, 1.165) is 0 Å². The number of carbonyl (C=O) groups is 1. The van der Waals surface area contributed by atoms with E-state index in [1.807, 2.05) is 0 Å². The van der Waals surface area contributed by atoms with E-state index in [4.69, 9.17) is 0 Å². The van der Waals surface area contributed by atoms with E-state index in [1.54, 1.807) is 6.92 Å². The summed E-state index contributed by atoms with van der Waals surface area (Å²) < 4.78 is 24.3. The van der Waals surface area contributed by atoms with Crippen LogP contribution in [-0.2, 0) is 14.8 Å². The van der Waals surface area contributed by atoms with Gasteiger partial charge >= 0.3 is 0 Å². The van der Waals surface area contributed by atoms with Gasteiger partial charge in [0.05, 0.1) is 5.75 Å². The lowest BCUT2D eigenvalue weighted by atomic mass is 10.3. The van der Waals surface area contributed by atoms with E-state index in [9.17, 15) is 13.2 Å². The molecule has 1 rings (SSSR count). The summed E-state index contributed by atoms with van der Waals surface area (Å²) in [7, 11) is -3.08. The highest BCUT2D eigenvalue weighted by atomic mass is 32.2. The van der Waals surface area contributed by atoms with Gasteiger partial charge in [-0.05, 0) is 13.3 Å². The molecule has 1 aliphatic rings. The first-order valence-corrected chi connectivity index (χ1v) is 6.31. The molecule has 0 saturated carbocycles. The molecule has 6 heteroatoms. The fraction of sp³-hybridized carbons (Fsp3) is 0.875. The van der Waals surface area contributed by atoms with Gasteiger partial charge in [-0.1, -0.05) is 0 Å². The molecule has 1 N–H and O–H groups in total. The molecular formula is C8H16N2O3S. The largest absolute Gasteiger partial charge is 0.352 e. The zero-order chi connectivity index (χ0) is 10.8. The first kappa shape index (κ1) is 11.5. The zero-order valence-electron chi connectivity index (χ0n) is 8.49. The molecule has 1 unspecified atom stereocenters. The summed E-state index contributed by atoms with van der Waals surface area (Å²) in [5, 5.41) is 2.72. The van der Waals surface area contributed by atoms with Gasteiger partial charge in [0, 0.05) is 26.1 Å². The molecular weight excluding hydrogens is 204 g/mol. The number of hydrogen-bond donors (Lipinski definition) is 1. The topological polar surface area (TPSA) is 66.5 Å². The van der Waals surface area contributed by atoms with E-state index in [1.165, 1.54) is 11.2 Å². The number of hydrogen-bond acceptors (Lipinski definition) is 3. The van der Waals surface area contributed by atoms with Gasteiger partial charge in [0.25, 0.3) is 0 Å². The standard InChI is InChI=1S/C8H16N2O3S/c1-3-14(12,13)10-5-4-8(6-10)9-7(2)11/h8H,3-6H2,1-2H3,(H,9,11). The third kappa shape index (κ3) is 2.68. The third-order valence-corrected chi connectivity index (χ3v) is 4.16. The summed E-state index contributed by atoms with van der Waals surface area (Å²) in [6, 6.07) is -0.0196. The maximum Gasteiger partial charge on any atom is 0.217 e. The maximum atomic E-state index is 11.4. The van der Waals surface area contributed by atoms with Crippen molar-refractivity contribution in [3.05, 3.63) is 0 Å². The average molecular weight is 220 g/mol. The molecule has 82 valence electrons. The Morgan fingerprint density at radius 3 is 2.71 bits per heavy atom. The monoisotopic (exact) mass is 220 g/mol. The van der Waals surface area contributed by atoms with Gasteiger partial charge in [-0.25, -0.2) is 8.42 Å². The van der Waals surface area contributed by atoms with Crippen LogP contribution in [0.3, 0.4) is 0 Å². The maximum absolute atomic E-state index is 11.4. The normalized spacial score (nSPS) is 23.7. The lowest BCUT2D eigenvalue weighted by Crippen LogP contribution is -2.37. The van der Waals surface area contributed by atoms with Crippen LogP contribution in [-0.4, -0.2) is 43.5 Å². The highest BCUT2D eigenvalue weighted by Gasteiger charge is 2.30. The number of nitrogens with zero attached hydrogens (tertiary/aromatic N) is 1. The summed E-state index contributed by atoms with van der Waals surface area (Å²) >= 11 is 0. The van der Waals surface area contributed by atoms with Crippen LogP contribution in [0.5, 0.6) is 0 Å². The molecule has 1 atom stereocenters. The van der Waals surface area contributed by atoms with Crippen molar-refractivity contribution in [2.75, 3.05) is 18.8 Å². The van der Waals surface area contributed by atoms with Crippen molar-refractivity contribution in [1.29, 1.82) is 0 Å². The van der Waals surface area contributed by atoms with Gasteiger partial charge in [-0.15, -0.1) is 0 Å². The van der Waals surface area contributed by atoms with Crippen molar-refractivity contribution >= 4 is 15.9 Å².